The van der Waals surface area contributed by atoms with Crippen LogP contribution in [0.25, 0.3) is 0 Å². The van der Waals surface area contributed by atoms with Gasteiger partial charge in [0, 0.05) is 19.5 Å². The highest BCUT2D eigenvalue weighted by Crippen LogP contribution is 2.27. The number of H-pyrrole nitrogens is 1. The summed E-state index contributed by atoms with van der Waals surface area (Å²) in [7, 11) is 0. The van der Waals surface area contributed by atoms with E-state index in [1.807, 2.05) is 33.8 Å². The minimum absolute atomic E-state index is 0.0267. The van der Waals surface area contributed by atoms with Crippen LogP contribution in [0.5, 0.6) is 0 Å². The van der Waals surface area contributed by atoms with Crippen molar-refractivity contribution >= 4 is 34.7 Å². The SMILES string of the molecule is CC(C)CN(C(=O)C1=NN(c2ccccc2)C(C(N)=O)C1)c1c(N)n(CC(C)C)c(=O)[nH]c1=O. The molecule has 1 aliphatic rings. The predicted molar refractivity (Wildman–Crippen MR) is 132 cm³/mol. The number of nitrogens with two attached hydrogens (primary N) is 2. The van der Waals surface area contributed by atoms with E-state index in [1.54, 1.807) is 24.3 Å². The number of amides is 2. The fraction of sp³-hybridized carbons (Fsp3) is 0.435. The Balaban J connectivity index is 2.09. The minimum atomic E-state index is -0.854. The van der Waals surface area contributed by atoms with Crippen molar-refractivity contribution in [1.29, 1.82) is 0 Å². The lowest BCUT2D eigenvalue weighted by Crippen LogP contribution is -2.45. The van der Waals surface area contributed by atoms with Crippen molar-refractivity contribution in [2.75, 3.05) is 22.2 Å². The lowest BCUT2D eigenvalue weighted by molar-refractivity contribution is -0.119. The summed E-state index contributed by atoms with van der Waals surface area (Å²) in [6.07, 6.45) is -0.0267. The molecule has 1 aromatic heterocycles. The summed E-state index contributed by atoms with van der Waals surface area (Å²) in [6, 6.07) is 8.04. The molecule has 3 rings (SSSR count). The number of hydrogen-bond donors (Lipinski definition) is 3. The Morgan fingerprint density at radius 2 is 1.79 bits per heavy atom. The quantitative estimate of drug-likeness (QED) is 0.520. The molecule has 1 aromatic carbocycles. The highest BCUT2D eigenvalue weighted by atomic mass is 16.2. The van der Waals surface area contributed by atoms with Crippen molar-refractivity contribution in [3.8, 4) is 0 Å². The van der Waals surface area contributed by atoms with Gasteiger partial charge in [0.2, 0.25) is 5.91 Å². The van der Waals surface area contributed by atoms with Gasteiger partial charge in [-0.25, -0.2) is 4.79 Å². The van der Waals surface area contributed by atoms with Gasteiger partial charge >= 0.3 is 5.69 Å². The van der Waals surface area contributed by atoms with E-state index in [4.69, 9.17) is 11.5 Å². The number of para-hydroxylation sites is 1. The zero-order valence-electron chi connectivity index (χ0n) is 19.8. The maximum Gasteiger partial charge on any atom is 0.330 e. The molecule has 0 spiro atoms. The molecular formula is C23H31N7O4. The standard InChI is InChI=1S/C23H31N7O4/c1-13(2)11-28(18-19(24)29(12-14(3)4)23(34)26-21(18)32)22(33)16-10-17(20(25)31)30(27-16)15-8-6-5-7-9-15/h5-9,13-14,17H,10-12,24H2,1-4H3,(H2,25,31)(H,26,32,34). The van der Waals surface area contributed by atoms with Gasteiger partial charge in [0.25, 0.3) is 11.5 Å². The molecule has 0 bridgehead atoms. The van der Waals surface area contributed by atoms with Crippen LogP contribution in [0, 0.1) is 11.8 Å². The van der Waals surface area contributed by atoms with Crippen LogP contribution in [0.15, 0.2) is 45.0 Å². The fourth-order valence-corrected chi connectivity index (χ4v) is 3.86. The van der Waals surface area contributed by atoms with E-state index in [0.29, 0.717) is 5.69 Å². The van der Waals surface area contributed by atoms with E-state index >= 15 is 0 Å². The van der Waals surface area contributed by atoms with Crippen molar-refractivity contribution < 1.29 is 9.59 Å². The average Bonchev–Trinajstić information content (AvgIpc) is 3.21. The Morgan fingerprint density at radius 3 is 2.35 bits per heavy atom. The number of nitrogens with one attached hydrogen (secondary N) is 1. The number of carbonyl (C=O) groups excluding carboxylic acids is 2. The third-order valence-corrected chi connectivity index (χ3v) is 5.33. The molecule has 1 aliphatic heterocycles. The first-order valence-corrected chi connectivity index (χ1v) is 11.2. The predicted octanol–water partition coefficient (Wildman–Crippen LogP) is 0.884. The largest absolute Gasteiger partial charge is 0.383 e. The van der Waals surface area contributed by atoms with Crippen LogP contribution in [0.1, 0.15) is 34.1 Å². The van der Waals surface area contributed by atoms with E-state index in [2.05, 4.69) is 10.1 Å². The number of nitrogens with zero attached hydrogens (tertiary/aromatic N) is 4. The van der Waals surface area contributed by atoms with Gasteiger partial charge in [-0.15, -0.1) is 0 Å². The maximum atomic E-state index is 13.7. The summed E-state index contributed by atoms with van der Waals surface area (Å²) in [4.78, 5) is 54.5. The van der Waals surface area contributed by atoms with Crippen LogP contribution in [-0.2, 0) is 16.1 Å². The van der Waals surface area contributed by atoms with Gasteiger partial charge in [-0.1, -0.05) is 45.9 Å². The topological polar surface area (TPSA) is 160 Å². The number of hydrogen-bond acceptors (Lipinski definition) is 7. The van der Waals surface area contributed by atoms with Gasteiger partial charge in [-0.05, 0) is 24.0 Å². The second-order valence-corrected chi connectivity index (χ2v) is 9.16. The molecule has 1 atom stereocenters. The van der Waals surface area contributed by atoms with E-state index in [0.717, 1.165) is 0 Å². The van der Waals surface area contributed by atoms with Gasteiger partial charge < -0.3 is 11.5 Å². The summed E-state index contributed by atoms with van der Waals surface area (Å²) < 4.78 is 1.25. The fourth-order valence-electron chi connectivity index (χ4n) is 3.86. The molecule has 0 fully saturated rings. The number of rotatable bonds is 8. The van der Waals surface area contributed by atoms with E-state index in [-0.39, 0.29) is 48.6 Å². The molecule has 182 valence electrons. The van der Waals surface area contributed by atoms with Gasteiger partial charge in [0.15, 0.2) is 5.69 Å². The molecule has 11 heteroatoms. The Labute approximate surface area is 197 Å². The van der Waals surface area contributed by atoms with Crippen molar-refractivity contribution in [2.24, 2.45) is 22.7 Å². The Bertz CT molecular complexity index is 1210. The van der Waals surface area contributed by atoms with Gasteiger partial charge in [-0.3, -0.25) is 33.8 Å². The monoisotopic (exact) mass is 469 g/mol. The van der Waals surface area contributed by atoms with Crippen molar-refractivity contribution in [3.05, 3.63) is 51.2 Å². The Morgan fingerprint density at radius 1 is 1.15 bits per heavy atom. The first-order chi connectivity index (χ1) is 16.0. The molecule has 2 amide bonds. The number of anilines is 3. The van der Waals surface area contributed by atoms with Crippen LogP contribution in [0.4, 0.5) is 17.2 Å². The van der Waals surface area contributed by atoms with Crippen LogP contribution in [0.3, 0.4) is 0 Å². The van der Waals surface area contributed by atoms with E-state index < -0.39 is 29.1 Å². The minimum Gasteiger partial charge on any atom is -0.383 e. The maximum absolute atomic E-state index is 13.7. The number of aromatic nitrogens is 2. The molecule has 0 radical (unpaired) electrons. The normalized spacial score (nSPS) is 15.6. The zero-order chi connectivity index (χ0) is 25.2. The van der Waals surface area contributed by atoms with Crippen LogP contribution >= 0.6 is 0 Å². The number of hydrazone groups is 1. The highest BCUT2D eigenvalue weighted by Gasteiger charge is 2.38. The molecule has 34 heavy (non-hydrogen) atoms. The van der Waals surface area contributed by atoms with Crippen LogP contribution in [-0.4, -0.2) is 39.7 Å². The summed E-state index contributed by atoms with van der Waals surface area (Å²) in [5.74, 6) is -1.27. The van der Waals surface area contributed by atoms with Gasteiger partial charge in [-0.2, -0.15) is 5.10 Å². The first kappa shape index (κ1) is 24.7. The Kier molecular flexibility index (Phi) is 7.23. The molecular weight excluding hydrogens is 438 g/mol. The molecule has 2 heterocycles. The first-order valence-electron chi connectivity index (χ1n) is 11.2. The summed E-state index contributed by atoms with van der Waals surface area (Å²) in [5, 5.41) is 5.81. The van der Waals surface area contributed by atoms with Crippen molar-refractivity contribution in [3.63, 3.8) is 0 Å². The smallest absolute Gasteiger partial charge is 0.330 e. The highest BCUT2D eigenvalue weighted by molar-refractivity contribution is 6.45. The molecule has 2 aromatic rings. The summed E-state index contributed by atoms with van der Waals surface area (Å²) in [6.45, 7) is 8.00. The average molecular weight is 470 g/mol. The van der Waals surface area contributed by atoms with Crippen molar-refractivity contribution in [1.82, 2.24) is 9.55 Å². The molecule has 1 unspecified atom stereocenters. The van der Waals surface area contributed by atoms with Gasteiger partial charge in [0.05, 0.1) is 5.69 Å². The van der Waals surface area contributed by atoms with Gasteiger partial charge in [0.1, 0.15) is 17.6 Å². The number of primary amides is 1. The van der Waals surface area contributed by atoms with E-state index in [1.165, 1.54) is 14.5 Å². The molecule has 0 aliphatic carbocycles. The lowest BCUT2D eigenvalue weighted by Gasteiger charge is -2.26. The Hall–Kier alpha value is -3.89. The third kappa shape index (κ3) is 5.03. The molecule has 0 saturated carbocycles. The summed E-state index contributed by atoms with van der Waals surface area (Å²) >= 11 is 0. The number of benzene rings is 1. The third-order valence-electron chi connectivity index (χ3n) is 5.33. The summed E-state index contributed by atoms with van der Waals surface area (Å²) in [5.41, 5.74) is 11.0. The molecule has 0 saturated heterocycles. The zero-order valence-corrected chi connectivity index (χ0v) is 19.8. The number of nitrogen functional groups attached to an aromatic ring is 1. The second-order valence-electron chi connectivity index (χ2n) is 9.16. The van der Waals surface area contributed by atoms with Crippen LogP contribution < -0.4 is 32.6 Å². The lowest BCUT2D eigenvalue weighted by atomic mass is 10.1. The second kappa shape index (κ2) is 9.94. The molecule has 5 N–H and O–H groups in total. The van der Waals surface area contributed by atoms with E-state index in [9.17, 15) is 19.2 Å². The number of carbonyl (C=O) groups is 2. The van der Waals surface area contributed by atoms with Crippen LogP contribution in [0.2, 0.25) is 0 Å². The number of aromatic amines is 1. The van der Waals surface area contributed by atoms with Crippen molar-refractivity contribution in [2.45, 2.75) is 46.7 Å². The molecule has 11 nitrogen and oxygen atoms in total.